The molecule has 102 valence electrons. The Morgan fingerprint density at radius 1 is 1.37 bits per heavy atom. The topological polar surface area (TPSA) is 62.4 Å². The first kappa shape index (κ1) is 14.0. The first-order valence-corrected chi connectivity index (χ1v) is 6.37. The fourth-order valence-corrected chi connectivity index (χ4v) is 1.91. The van der Waals surface area contributed by atoms with E-state index in [1.807, 2.05) is 24.1 Å². The Kier molecular flexibility index (Phi) is 4.52. The van der Waals surface area contributed by atoms with Crippen LogP contribution >= 0.6 is 11.6 Å². The second-order valence-electron chi connectivity index (χ2n) is 4.57. The van der Waals surface area contributed by atoms with Crippen LogP contribution in [-0.2, 0) is 6.54 Å². The predicted molar refractivity (Wildman–Crippen MR) is 72.8 cm³/mol. The summed E-state index contributed by atoms with van der Waals surface area (Å²) < 4.78 is 5.20. The van der Waals surface area contributed by atoms with Crippen molar-refractivity contribution in [2.75, 3.05) is 13.6 Å². The number of halogens is 1. The summed E-state index contributed by atoms with van der Waals surface area (Å²) in [5, 5.41) is 13.9. The van der Waals surface area contributed by atoms with Crippen molar-refractivity contribution in [2.45, 2.75) is 19.6 Å². The highest BCUT2D eigenvalue weighted by atomic mass is 35.5. The molecule has 0 aliphatic carbocycles. The fraction of sp³-hybridized carbons (Fsp3) is 0.385. The monoisotopic (exact) mass is 281 g/mol. The van der Waals surface area contributed by atoms with E-state index in [-0.39, 0.29) is 6.10 Å². The summed E-state index contributed by atoms with van der Waals surface area (Å²) in [5.74, 6) is 1.06. The second kappa shape index (κ2) is 6.14. The highest BCUT2D eigenvalue weighted by molar-refractivity contribution is 6.30. The van der Waals surface area contributed by atoms with Gasteiger partial charge in [0.05, 0.1) is 12.6 Å². The van der Waals surface area contributed by atoms with Crippen molar-refractivity contribution in [3.8, 4) is 11.5 Å². The molecule has 1 aromatic carbocycles. The van der Waals surface area contributed by atoms with Gasteiger partial charge in [-0.05, 0) is 38.2 Å². The molecule has 2 aromatic rings. The maximum absolute atomic E-state index is 9.29. The van der Waals surface area contributed by atoms with Crippen LogP contribution in [0.1, 0.15) is 12.7 Å². The van der Waals surface area contributed by atoms with E-state index in [9.17, 15) is 5.11 Å². The maximum atomic E-state index is 9.29. The third kappa shape index (κ3) is 4.02. The standard InChI is InChI=1S/C13H16ClN3O2/c1-9(18)7-17(2)8-12-15-13(19-16-12)10-3-5-11(14)6-4-10/h3-6,9,18H,7-8H2,1-2H3. The summed E-state index contributed by atoms with van der Waals surface area (Å²) in [4.78, 5) is 6.24. The lowest BCUT2D eigenvalue weighted by Crippen LogP contribution is -2.27. The molecule has 1 heterocycles. The third-order valence-corrected chi connectivity index (χ3v) is 2.80. The van der Waals surface area contributed by atoms with Crippen LogP contribution in [0.3, 0.4) is 0 Å². The van der Waals surface area contributed by atoms with Gasteiger partial charge in [0.25, 0.3) is 5.89 Å². The molecule has 1 unspecified atom stereocenters. The molecule has 0 fully saturated rings. The van der Waals surface area contributed by atoms with E-state index in [1.165, 1.54) is 0 Å². The van der Waals surface area contributed by atoms with Crippen LogP contribution in [0.4, 0.5) is 0 Å². The number of aliphatic hydroxyl groups is 1. The number of hydrogen-bond donors (Lipinski definition) is 1. The van der Waals surface area contributed by atoms with Crippen molar-refractivity contribution in [2.24, 2.45) is 0 Å². The normalized spacial score (nSPS) is 12.9. The zero-order valence-electron chi connectivity index (χ0n) is 10.9. The number of hydrogen-bond acceptors (Lipinski definition) is 5. The van der Waals surface area contributed by atoms with Gasteiger partial charge in [0.15, 0.2) is 5.82 Å². The maximum Gasteiger partial charge on any atom is 0.257 e. The summed E-state index contributed by atoms with van der Waals surface area (Å²) in [7, 11) is 1.89. The van der Waals surface area contributed by atoms with E-state index in [0.717, 1.165) is 5.56 Å². The van der Waals surface area contributed by atoms with Crippen molar-refractivity contribution in [1.82, 2.24) is 15.0 Å². The minimum Gasteiger partial charge on any atom is -0.392 e. The number of rotatable bonds is 5. The molecule has 0 saturated heterocycles. The molecule has 0 amide bonds. The van der Waals surface area contributed by atoms with E-state index in [1.54, 1.807) is 19.1 Å². The molecule has 1 aromatic heterocycles. The summed E-state index contributed by atoms with van der Waals surface area (Å²) in [6, 6.07) is 7.22. The van der Waals surface area contributed by atoms with Crippen molar-refractivity contribution in [3.05, 3.63) is 35.1 Å². The Balaban J connectivity index is 2.04. The Bertz CT molecular complexity index is 525. The van der Waals surface area contributed by atoms with Crippen molar-refractivity contribution >= 4 is 11.6 Å². The quantitative estimate of drug-likeness (QED) is 0.910. The van der Waals surface area contributed by atoms with Gasteiger partial charge >= 0.3 is 0 Å². The molecular formula is C13H16ClN3O2. The number of nitrogens with zero attached hydrogens (tertiary/aromatic N) is 3. The van der Waals surface area contributed by atoms with Crippen molar-refractivity contribution < 1.29 is 9.63 Å². The zero-order chi connectivity index (χ0) is 13.8. The molecule has 5 nitrogen and oxygen atoms in total. The van der Waals surface area contributed by atoms with Crippen LogP contribution in [0.5, 0.6) is 0 Å². The molecule has 0 saturated carbocycles. The van der Waals surface area contributed by atoms with Crippen LogP contribution < -0.4 is 0 Å². The van der Waals surface area contributed by atoms with E-state index in [0.29, 0.717) is 29.8 Å². The van der Waals surface area contributed by atoms with Gasteiger partial charge in [-0.15, -0.1) is 0 Å². The Hall–Kier alpha value is -1.43. The van der Waals surface area contributed by atoms with E-state index >= 15 is 0 Å². The number of aromatic nitrogens is 2. The molecule has 0 spiro atoms. The highest BCUT2D eigenvalue weighted by Crippen LogP contribution is 2.19. The smallest absolute Gasteiger partial charge is 0.257 e. The van der Waals surface area contributed by atoms with Gasteiger partial charge in [-0.25, -0.2) is 0 Å². The highest BCUT2D eigenvalue weighted by Gasteiger charge is 2.11. The third-order valence-electron chi connectivity index (χ3n) is 2.55. The summed E-state index contributed by atoms with van der Waals surface area (Å²) >= 11 is 5.82. The Morgan fingerprint density at radius 2 is 2.05 bits per heavy atom. The first-order chi connectivity index (χ1) is 9.04. The molecule has 0 aliphatic heterocycles. The summed E-state index contributed by atoms with van der Waals surface area (Å²) in [5.41, 5.74) is 0.835. The van der Waals surface area contributed by atoms with Gasteiger partial charge in [0.1, 0.15) is 0 Å². The molecular weight excluding hydrogens is 266 g/mol. The molecule has 6 heteroatoms. The Labute approximate surface area is 116 Å². The van der Waals surface area contributed by atoms with Crippen molar-refractivity contribution in [3.63, 3.8) is 0 Å². The van der Waals surface area contributed by atoms with Gasteiger partial charge in [-0.3, -0.25) is 4.90 Å². The minimum atomic E-state index is -0.382. The average Bonchev–Trinajstić information content (AvgIpc) is 2.77. The summed E-state index contributed by atoms with van der Waals surface area (Å²) in [6.45, 7) is 2.83. The molecule has 0 aliphatic rings. The van der Waals surface area contributed by atoms with Crippen molar-refractivity contribution in [1.29, 1.82) is 0 Å². The predicted octanol–water partition coefficient (Wildman–Crippen LogP) is 2.20. The summed E-state index contributed by atoms with van der Waals surface area (Å²) in [6.07, 6.45) is -0.382. The lowest BCUT2D eigenvalue weighted by molar-refractivity contribution is 0.136. The van der Waals surface area contributed by atoms with E-state index in [2.05, 4.69) is 10.1 Å². The van der Waals surface area contributed by atoms with Gasteiger partial charge in [-0.1, -0.05) is 16.8 Å². The minimum absolute atomic E-state index is 0.382. The van der Waals surface area contributed by atoms with Gasteiger partial charge < -0.3 is 9.63 Å². The molecule has 0 bridgehead atoms. The van der Waals surface area contributed by atoms with Crippen LogP contribution in [0.25, 0.3) is 11.5 Å². The zero-order valence-corrected chi connectivity index (χ0v) is 11.6. The second-order valence-corrected chi connectivity index (χ2v) is 5.00. The lowest BCUT2D eigenvalue weighted by atomic mass is 10.2. The molecule has 0 radical (unpaired) electrons. The molecule has 19 heavy (non-hydrogen) atoms. The van der Waals surface area contributed by atoms with E-state index < -0.39 is 0 Å². The SMILES string of the molecule is CC(O)CN(C)Cc1noc(-c2ccc(Cl)cc2)n1. The largest absolute Gasteiger partial charge is 0.392 e. The van der Waals surface area contributed by atoms with E-state index in [4.69, 9.17) is 16.1 Å². The van der Waals surface area contributed by atoms with Gasteiger partial charge in [0, 0.05) is 17.1 Å². The van der Waals surface area contributed by atoms with Gasteiger partial charge in [-0.2, -0.15) is 4.98 Å². The Morgan fingerprint density at radius 3 is 2.68 bits per heavy atom. The van der Waals surface area contributed by atoms with Gasteiger partial charge in [0.2, 0.25) is 0 Å². The van der Waals surface area contributed by atoms with Crippen LogP contribution in [0.15, 0.2) is 28.8 Å². The molecule has 1 atom stereocenters. The number of benzene rings is 1. The molecule has 1 N–H and O–H groups in total. The number of aliphatic hydroxyl groups excluding tert-OH is 1. The molecule has 2 rings (SSSR count). The average molecular weight is 282 g/mol. The van der Waals surface area contributed by atoms with Crippen LogP contribution in [-0.4, -0.2) is 39.8 Å². The number of likely N-dealkylation sites (N-methyl/N-ethyl adjacent to an activating group) is 1. The fourth-order valence-electron chi connectivity index (χ4n) is 1.78. The van der Waals surface area contributed by atoms with Crippen LogP contribution in [0, 0.1) is 0 Å². The van der Waals surface area contributed by atoms with Crippen LogP contribution in [0.2, 0.25) is 5.02 Å². The lowest BCUT2D eigenvalue weighted by Gasteiger charge is -2.15. The first-order valence-electron chi connectivity index (χ1n) is 5.99.